The Morgan fingerprint density at radius 3 is 2.96 bits per heavy atom. The van der Waals surface area contributed by atoms with Crippen LogP contribution in [0.3, 0.4) is 0 Å². The van der Waals surface area contributed by atoms with Gasteiger partial charge >= 0.3 is 0 Å². The number of hydrogen-bond acceptors (Lipinski definition) is 6. The van der Waals surface area contributed by atoms with E-state index in [1.807, 2.05) is 12.1 Å². The maximum absolute atomic E-state index is 12.5. The monoisotopic (exact) mass is 371 g/mol. The van der Waals surface area contributed by atoms with E-state index in [-0.39, 0.29) is 24.4 Å². The van der Waals surface area contributed by atoms with Gasteiger partial charge in [-0.25, -0.2) is 4.68 Å². The third-order valence-corrected chi connectivity index (χ3v) is 4.77. The van der Waals surface area contributed by atoms with Gasteiger partial charge < -0.3 is 19.5 Å². The zero-order chi connectivity index (χ0) is 18.8. The van der Waals surface area contributed by atoms with Crippen molar-refractivity contribution in [2.75, 3.05) is 19.9 Å². The zero-order valence-electron chi connectivity index (χ0n) is 15.0. The van der Waals surface area contributed by atoms with Crippen LogP contribution in [0.1, 0.15) is 25.8 Å². The van der Waals surface area contributed by atoms with E-state index in [2.05, 4.69) is 10.4 Å². The maximum atomic E-state index is 12.5. The molecule has 3 heterocycles. The second kappa shape index (κ2) is 7.40. The molecule has 4 rings (SSSR count). The summed E-state index contributed by atoms with van der Waals surface area (Å²) in [5.74, 6) is 1.05. The average molecular weight is 371 g/mol. The molecule has 8 nitrogen and oxygen atoms in total. The minimum absolute atomic E-state index is 0.0470. The highest BCUT2D eigenvalue weighted by atomic mass is 16.7. The average Bonchev–Trinajstić information content (AvgIpc) is 3.37. The zero-order valence-corrected chi connectivity index (χ0v) is 15.0. The van der Waals surface area contributed by atoms with Gasteiger partial charge in [0.1, 0.15) is 6.04 Å². The van der Waals surface area contributed by atoms with Crippen molar-refractivity contribution in [1.29, 1.82) is 0 Å². The minimum Gasteiger partial charge on any atom is -0.454 e. The van der Waals surface area contributed by atoms with Crippen molar-refractivity contribution in [3.05, 3.63) is 40.7 Å². The van der Waals surface area contributed by atoms with Crippen LogP contribution in [0.15, 0.2) is 35.1 Å². The molecule has 1 saturated heterocycles. The van der Waals surface area contributed by atoms with Crippen molar-refractivity contribution in [2.24, 2.45) is 0 Å². The van der Waals surface area contributed by atoms with Gasteiger partial charge in [0.05, 0.1) is 11.8 Å². The van der Waals surface area contributed by atoms with Crippen molar-refractivity contribution in [3.8, 4) is 22.8 Å². The van der Waals surface area contributed by atoms with Crippen LogP contribution in [-0.4, -0.2) is 41.7 Å². The third-order valence-electron chi connectivity index (χ3n) is 4.77. The summed E-state index contributed by atoms with van der Waals surface area (Å²) < 4.78 is 17.4. The molecule has 8 heteroatoms. The van der Waals surface area contributed by atoms with Crippen LogP contribution in [0, 0.1) is 0 Å². The quantitative estimate of drug-likeness (QED) is 0.856. The fraction of sp³-hybridized carbons (Fsp3) is 0.421. The van der Waals surface area contributed by atoms with E-state index >= 15 is 0 Å². The van der Waals surface area contributed by atoms with Gasteiger partial charge in [-0.05, 0) is 44.0 Å². The molecule has 142 valence electrons. The number of aromatic nitrogens is 2. The normalized spacial score (nSPS) is 19.1. The highest BCUT2D eigenvalue weighted by molar-refractivity contribution is 5.79. The first kappa shape index (κ1) is 17.5. The molecule has 1 fully saturated rings. The highest BCUT2D eigenvalue weighted by Crippen LogP contribution is 2.35. The number of amides is 1. The van der Waals surface area contributed by atoms with Crippen LogP contribution in [0.4, 0.5) is 0 Å². The SMILES string of the molecule is CC(C(=O)NCC1CCCO1)n1nc(-c2ccc3c(c2)OCO3)ccc1=O. The molecular weight excluding hydrogens is 350 g/mol. The summed E-state index contributed by atoms with van der Waals surface area (Å²) >= 11 is 0. The number of ether oxygens (including phenoxy) is 3. The molecule has 0 aliphatic carbocycles. The molecule has 2 atom stereocenters. The van der Waals surface area contributed by atoms with Gasteiger partial charge in [-0.2, -0.15) is 5.10 Å². The fourth-order valence-electron chi connectivity index (χ4n) is 3.19. The first-order chi connectivity index (χ1) is 13.1. The number of nitrogens with one attached hydrogen (secondary N) is 1. The number of rotatable bonds is 5. The summed E-state index contributed by atoms with van der Waals surface area (Å²) in [6.45, 7) is 3.02. The van der Waals surface area contributed by atoms with Crippen LogP contribution in [-0.2, 0) is 9.53 Å². The van der Waals surface area contributed by atoms with E-state index in [0.29, 0.717) is 23.7 Å². The molecule has 0 saturated carbocycles. The predicted molar refractivity (Wildman–Crippen MR) is 96.8 cm³/mol. The second-order valence-electron chi connectivity index (χ2n) is 6.63. The predicted octanol–water partition coefficient (Wildman–Crippen LogP) is 1.50. The molecule has 2 unspecified atom stereocenters. The Morgan fingerprint density at radius 2 is 2.15 bits per heavy atom. The maximum Gasteiger partial charge on any atom is 0.267 e. The molecule has 2 aliphatic heterocycles. The van der Waals surface area contributed by atoms with Crippen molar-refractivity contribution < 1.29 is 19.0 Å². The molecule has 1 N–H and O–H groups in total. The van der Waals surface area contributed by atoms with E-state index in [4.69, 9.17) is 14.2 Å². The van der Waals surface area contributed by atoms with Gasteiger partial charge in [-0.3, -0.25) is 9.59 Å². The lowest BCUT2D eigenvalue weighted by atomic mass is 10.1. The molecule has 1 aromatic carbocycles. The number of carbonyl (C=O) groups is 1. The van der Waals surface area contributed by atoms with Crippen LogP contribution in [0.2, 0.25) is 0 Å². The van der Waals surface area contributed by atoms with E-state index in [0.717, 1.165) is 25.0 Å². The molecule has 1 aromatic heterocycles. The Bertz CT molecular complexity index is 904. The molecule has 0 radical (unpaired) electrons. The summed E-state index contributed by atoms with van der Waals surface area (Å²) in [5, 5.41) is 7.23. The van der Waals surface area contributed by atoms with Gasteiger partial charge in [0.25, 0.3) is 5.56 Å². The Balaban J connectivity index is 1.53. The third kappa shape index (κ3) is 3.66. The summed E-state index contributed by atoms with van der Waals surface area (Å²) in [6.07, 6.45) is 1.99. The summed E-state index contributed by atoms with van der Waals surface area (Å²) in [7, 11) is 0. The molecule has 1 amide bonds. The molecule has 0 bridgehead atoms. The molecule has 2 aromatic rings. The fourth-order valence-corrected chi connectivity index (χ4v) is 3.19. The number of benzene rings is 1. The summed E-state index contributed by atoms with van der Waals surface area (Å²) in [6, 6.07) is 7.76. The van der Waals surface area contributed by atoms with Crippen molar-refractivity contribution in [2.45, 2.75) is 31.9 Å². The molecule has 27 heavy (non-hydrogen) atoms. The first-order valence-corrected chi connectivity index (χ1v) is 9.01. The van der Waals surface area contributed by atoms with Gasteiger partial charge in [0.15, 0.2) is 11.5 Å². The summed E-state index contributed by atoms with van der Waals surface area (Å²) in [4.78, 5) is 24.7. The minimum atomic E-state index is -0.729. The lowest BCUT2D eigenvalue weighted by Crippen LogP contribution is -2.39. The van der Waals surface area contributed by atoms with Crippen LogP contribution in [0.5, 0.6) is 11.5 Å². The molecule has 0 spiro atoms. The Hall–Kier alpha value is -2.87. The number of nitrogens with zero attached hydrogens (tertiary/aromatic N) is 2. The van der Waals surface area contributed by atoms with Crippen molar-refractivity contribution in [1.82, 2.24) is 15.1 Å². The van der Waals surface area contributed by atoms with Crippen molar-refractivity contribution in [3.63, 3.8) is 0 Å². The lowest BCUT2D eigenvalue weighted by molar-refractivity contribution is -0.124. The van der Waals surface area contributed by atoms with Gasteiger partial charge in [0, 0.05) is 24.8 Å². The van der Waals surface area contributed by atoms with E-state index in [9.17, 15) is 9.59 Å². The standard InChI is InChI=1S/C19H21N3O5/c1-12(19(24)20-10-14-3-2-8-25-14)22-18(23)7-5-15(21-22)13-4-6-16-17(9-13)27-11-26-16/h4-7,9,12,14H,2-3,8,10-11H2,1H3,(H,20,24). The first-order valence-electron chi connectivity index (χ1n) is 9.01. The smallest absolute Gasteiger partial charge is 0.267 e. The second-order valence-corrected chi connectivity index (χ2v) is 6.63. The van der Waals surface area contributed by atoms with Gasteiger partial charge in [-0.1, -0.05) is 0 Å². The van der Waals surface area contributed by atoms with Gasteiger partial charge in [-0.15, -0.1) is 0 Å². The van der Waals surface area contributed by atoms with Crippen molar-refractivity contribution >= 4 is 5.91 Å². The van der Waals surface area contributed by atoms with Gasteiger partial charge in [0.2, 0.25) is 12.7 Å². The lowest BCUT2D eigenvalue weighted by Gasteiger charge is -2.16. The molecule has 2 aliphatic rings. The Kier molecular flexibility index (Phi) is 4.81. The van der Waals surface area contributed by atoms with Crippen LogP contribution in [0.25, 0.3) is 11.3 Å². The summed E-state index contributed by atoms with van der Waals surface area (Å²) in [5.41, 5.74) is 1.02. The number of hydrogen-bond donors (Lipinski definition) is 1. The van der Waals surface area contributed by atoms with Crippen LogP contribution < -0.4 is 20.3 Å². The molecular formula is C19H21N3O5. The van der Waals surface area contributed by atoms with Crippen LogP contribution >= 0.6 is 0 Å². The largest absolute Gasteiger partial charge is 0.454 e. The Labute approximate surface area is 156 Å². The van der Waals surface area contributed by atoms with E-state index < -0.39 is 6.04 Å². The topological polar surface area (TPSA) is 91.7 Å². The number of carbonyl (C=O) groups excluding carboxylic acids is 1. The highest BCUT2D eigenvalue weighted by Gasteiger charge is 2.22. The number of fused-ring (bicyclic) bond motifs is 1. The Morgan fingerprint density at radius 1 is 1.30 bits per heavy atom. The van der Waals surface area contributed by atoms with E-state index in [1.165, 1.54) is 10.7 Å². The van der Waals surface area contributed by atoms with E-state index in [1.54, 1.807) is 19.1 Å².